The number of allylic oxidation sites excluding steroid dienone is 3. The SMILES string of the molecule is Cc1cc(=O)[nH]c2c1C(=O)C1=C(NC=CC1c1ccccc1[N+](=O)[O-])C2=O. The Bertz CT molecular complexity index is 1160. The Labute approximate surface area is 152 Å². The van der Waals surface area contributed by atoms with Crippen LogP contribution in [0.3, 0.4) is 0 Å². The van der Waals surface area contributed by atoms with E-state index in [2.05, 4.69) is 10.3 Å². The number of H-pyrrole nitrogens is 1. The van der Waals surface area contributed by atoms with Gasteiger partial charge in [0, 0.05) is 29.2 Å². The molecule has 0 fully saturated rings. The van der Waals surface area contributed by atoms with Crippen molar-refractivity contribution >= 4 is 17.3 Å². The molecule has 0 radical (unpaired) electrons. The second-order valence-electron chi connectivity index (χ2n) is 6.31. The average Bonchev–Trinajstić information content (AvgIpc) is 2.65. The summed E-state index contributed by atoms with van der Waals surface area (Å²) in [5.41, 5.74) is 0.322. The highest BCUT2D eigenvalue weighted by atomic mass is 16.6. The standard InChI is InChI=1S/C19H13N3O5/c1-9-8-13(23)21-17-14(9)18(24)15-11(6-7-20-16(15)19(17)25)10-4-2-3-5-12(10)22(26)27/h2-8,11,20H,1H3,(H,21,23). The number of fused-ring (bicyclic) bond motifs is 1. The van der Waals surface area contributed by atoms with Gasteiger partial charge in [-0.3, -0.25) is 24.5 Å². The molecule has 27 heavy (non-hydrogen) atoms. The summed E-state index contributed by atoms with van der Waals surface area (Å²) in [5.74, 6) is -1.71. The van der Waals surface area contributed by atoms with Crippen LogP contribution in [-0.2, 0) is 0 Å². The van der Waals surface area contributed by atoms with Crippen LogP contribution in [0.4, 0.5) is 5.69 Å². The molecule has 0 saturated carbocycles. The fraction of sp³-hybridized carbons (Fsp3) is 0.105. The number of aromatic nitrogens is 1. The Hall–Kier alpha value is -3.81. The molecule has 2 heterocycles. The number of ketones is 2. The predicted octanol–water partition coefficient (Wildman–Crippen LogP) is 2.13. The number of nitro benzene ring substituents is 1. The molecule has 1 unspecified atom stereocenters. The summed E-state index contributed by atoms with van der Waals surface area (Å²) in [4.78, 5) is 51.2. The number of aromatic amines is 1. The number of nitrogens with one attached hydrogen (secondary N) is 2. The molecule has 2 N–H and O–H groups in total. The third kappa shape index (κ3) is 2.42. The van der Waals surface area contributed by atoms with Gasteiger partial charge in [0.05, 0.1) is 16.2 Å². The molecule has 1 aromatic carbocycles. The molecular formula is C19H13N3O5. The number of dihydropyridines is 1. The van der Waals surface area contributed by atoms with E-state index in [0.717, 1.165) is 0 Å². The number of benzene rings is 1. The first-order valence-electron chi connectivity index (χ1n) is 8.14. The summed E-state index contributed by atoms with van der Waals surface area (Å²) in [5, 5.41) is 14.2. The lowest BCUT2D eigenvalue weighted by Gasteiger charge is -2.28. The van der Waals surface area contributed by atoms with Gasteiger partial charge < -0.3 is 10.3 Å². The monoisotopic (exact) mass is 363 g/mol. The van der Waals surface area contributed by atoms with Crippen molar-refractivity contribution in [2.24, 2.45) is 0 Å². The molecule has 2 aliphatic rings. The number of hydrogen-bond acceptors (Lipinski definition) is 6. The minimum atomic E-state index is -0.751. The van der Waals surface area contributed by atoms with E-state index in [-0.39, 0.29) is 28.2 Å². The van der Waals surface area contributed by atoms with Crippen molar-refractivity contribution in [3.63, 3.8) is 0 Å². The van der Waals surface area contributed by atoms with Crippen molar-refractivity contribution in [2.45, 2.75) is 12.8 Å². The normalized spacial score (nSPS) is 18.0. The van der Waals surface area contributed by atoms with Gasteiger partial charge in [0.15, 0.2) is 5.78 Å². The summed E-state index contributed by atoms with van der Waals surface area (Å²) in [6.07, 6.45) is 3.09. The second kappa shape index (κ2) is 5.87. The minimum absolute atomic E-state index is 0.0272. The topological polar surface area (TPSA) is 122 Å². The Balaban J connectivity index is 1.96. The van der Waals surface area contributed by atoms with Crippen LogP contribution >= 0.6 is 0 Å². The Morgan fingerprint density at radius 2 is 1.85 bits per heavy atom. The van der Waals surface area contributed by atoms with Gasteiger partial charge in [-0.2, -0.15) is 0 Å². The zero-order valence-corrected chi connectivity index (χ0v) is 14.1. The number of nitrogens with zero attached hydrogens (tertiary/aromatic N) is 1. The van der Waals surface area contributed by atoms with Crippen molar-refractivity contribution in [1.82, 2.24) is 10.3 Å². The van der Waals surface area contributed by atoms with Crippen LogP contribution in [0, 0.1) is 17.0 Å². The lowest BCUT2D eigenvalue weighted by molar-refractivity contribution is -0.385. The molecule has 2 aromatic rings. The lowest BCUT2D eigenvalue weighted by Crippen LogP contribution is -2.35. The van der Waals surface area contributed by atoms with Crippen molar-refractivity contribution in [1.29, 1.82) is 0 Å². The summed E-state index contributed by atoms with van der Waals surface area (Å²) < 4.78 is 0. The smallest absolute Gasteiger partial charge is 0.273 e. The van der Waals surface area contributed by atoms with Crippen LogP contribution in [0.2, 0.25) is 0 Å². The number of carbonyl (C=O) groups is 2. The number of para-hydroxylation sites is 1. The van der Waals surface area contributed by atoms with Gasteiger partial charge in [-0.15, -0.1) is 0 Å². The molecule has 8 nitrogen and oxygen atoms in total. The maximum atomic E-state index is 13.2. The summed E-state index contributed by atoms with van der Waals surface area (Å²) in [6, 6.07) is 7.36. The second-order valence-corrected chi connectivity index (χ2v) is 6.31. The fourth-order valence-corrected chi connectivity index (χ4v) is 3.59. The Morgan fingerprint density at radius 1 is 1.11 bits per heavy atom. The maximum absolute atomic E-state index is 13.2. The summed E-state index contributed by atoms with van der Waals surface area (Å²) in [6.45, 7) is 1.58. The molecular weight excluding hydrogens is 350 g/mol. The van der Waals surface area contributed by atoms with Crippen LogP contribution in [0.25, 0.3) is 0 Å². The first-order chi connectivity index (χ1) is 12.9. The van der Waals surface area contributed by atoms with E-state index >= 15 is 0 Å². The molecule has 4 rings (SSSR count). The fourth-order valence-electron chi connectivity index (χ4n) is 3.59. The van der Waals surface area contributed by atoms with E-state index in [1.807, 2.05) is 0 Å². The highest BCUT2D eigenvalue weighted by Gasteiger charge is 2.40. The van der Waals surface area contributed by atoms with E-state index in [9.17, 15) is 24.5 Å². The van der Waals surface area contributed by atoms with E-state index in [0.29, 0.717) is 11.1 Å². The summed E-state index contributed by atoms with van der Waals surface area (Å²) in [7, 11) is 0. The zero-order valence-electron chi connectivity index (χ0n) is 14.1. The van der Waals surface area contributed by atoms with E-state index < -0.39 is 28.0 Å². The minimum Gasteiger partial charge on any atom is -0.358 e. The number of pyridine rings is 1. The van der Waals surface area contributed by atoms with Gasteiger partial charge in [-0.1, -0.05) is 24.3 Å². The van der Waals surface area contributed by atoms with Crippen molar-refractivity contribution < 1.29 is 14.5 Å². The van der Waals surface area contributed by atoms with Gasteiger partial charge in [0.25, 0.3) is 5.69 Å². The van der Waals surface area contributed by atoms with Gasteiger partial charge >= 0.3 is 0 Å². The van der Waals surface area contributed by atoms with Gasteiger partial charge in [0.2, 0.25) is 11.3 Å². The van der Waals surface area contributed by atoms with Gasteiger partial charge in [-0.25, -0.2) is 0 Å². The Morgan fingerprint density at radius 3 is 2.59 bits per heavy atom. The van der Waals surface area contributed by atoms with Crippen molar-refractivity contribution in [3.05, 3.63) is 96.7 Å². The number of carbonyl (C=O) groups excluding carboxylic acids is 2. The molecule has 0 saturated heterocycles. The Kier molecular flexibility index (Phi) is 3.62. The van der Waals surface area contributed by atoms with Crippen LogP contribution in [-0.4, -0.2) is 21.5 Å². The number of Topliss-reactive ketones (excluding diaryl/α,β-unsaturated/α-hetero) is 2. The molecule has 0 bridgehead atoms. The third-order valence-corrected chi connectivity index (χ3v) is 4.73. The molecule has 1 aliphatic carbocycles. The van der Waals surface area contributed by atoms with Gasteiger partial charge in [0.1, 0.15) is 5.69 Å². The molecule has 134 valence electrons. The average molecular weight is 363 g/mol. The molecule has 0 spiro atoms. The quantitative estimate of drug-likeness (QED) is 0.622. The molecule has 1 atom stereocenters. The third-order valence-electron chi connectivity index (χ3n) is 4.73. The highest BCUT2D eigenvalue weighted by molar-refractivity contribution is 6.27. The van der Waals surface area contributed by atoms with Crippen LogP contribution in [0.1, 0.15) is 37.9 Å². The van der Waals surface area contributed by atoms with Crippen LogP contribution < -0.4 is 10.9 Å². The zero-order chi connectivity index (χ0) is 19.3. The molecule has 0 amide bonds. The van der Waals surface area contributed by atoms with Crippen molar-refractivity contribution in [3.8, 4) is 0 Å². The van der Waals surface area contributed by atoms with E-state index in [1.165, 1.54) is 18.3 Å². The predicted molar refractivity (Wildman–Crippen MR) is 95.6 cm³/mol. The van der Waals surface area contributed by atoms with Crippen molar-refractivity contribution in [2.75, 3.05) is 0 Å². The van der Waals surface area contributed by atoms with E-state index in [4.69, 9.17) is 0 Å². The number of rotatable bonds is 2. The molecule has 1 aromatic heterocycles. The largest absolute Gasteiger partial charge is 0.358 e. The number of hydrogen-bond donors (Lipinski definition) is 2. The van der Waals surface area contributed by atoms with E-state index in [1.54, 1.807) is 31.2 Å². The molecule has 8 heteroatoms. The lowest BCUT2D eigenvalue weighted by atomic mass is 9.77. The van der Waals surface area contributed by atoms with Gasteiger partial charge in [-0.05, 0) is 18.7 Å². The number of nitro groups is 1. The van der Waals surface area contributed by atoms with Crippen LogP contribution in [0.5, 0.6) is 0 Å². The summed E-state index contributed by atoms with van der Waals surface area (Å²) >= 11 is 0. The first-order valence-corrected chi connectivity index (χ1v) is 8.14. The maximum Gasteiger partial charge on any atom is 0.273 e. The molecule has 1 aliphatic heterocycles. The first kappa shape index (κ1) is 16.6. The van der Waals surface area contributed by atoms with Crippen LogP contribution in [0.15, 0.2) is 58.7 Å². The highest BCUT2D eigenvalue weighted by Crippen LogP contribution is 2.40. The number of aryl methyl sites for hydroxylation is 1.